The zero-order valence-corrected chi connectivity index (χ0v) is 17.1. The van der Waals surface area contributed by atoms with Crippen LogP contribution in [0.4, 0.5) is 0 Å². The summed E-state index contributed by atoms with van der Waals surface area (Å²) in [5.41, 5.74) is 1.83. The molecule has 0 saturated heterocycles. The summed E-state index contributed by atoms with van der Waals surface area (Å²) in [6, 6.07) is 14.3. The monoisotopic (exact) mass is 396 g/mol. The Labute approximate surface area is 171 Å². The second-order valence-electron chi connectivity index (χ2n) is 7.58. The Morgan fingerprint density at radius 2 is 1.62 bits per heavy atom. The Hall–Kier alpha value is -3.02. The number of nitrogens with one attached hydrogen (secondary N) is 2. The first-order valence-corrected chi connectivity index (χ1v) is 9.97. The van der Waals surface area contributed by atoms with Gasteiger partial charge in [0.15, 0.2) is 11.5 Å². The molecule has 2 aromatic rings. The Bertz CT molecular complexity index is 851. The summed E-state index contributed by atoms with van der Waals surface area (Å²) in [6.07, 6.45) is 0.245. The van der Waals surface area contributed by atoms with Gasteiger partial charge >= 0.3 is 0 Å². The predicted octanol–water partition coefficient (Wildman–Crippen LogP) is 3.02. The average molecular weight is 396 g/mol. The number of hydrogen-bond acceptors (Lipinski definition) is 4. The van der Waals surface area contributed by atoms with Crippen molar-refractivity contribution in [2.45, 2.75) is 39.3 Å². The van der Waals surface area contributed by atoms with Gasteiger partial charge in [0.2, 0.25) is 11.8 Å². The summed E-state index contributed by atoms with van der Waals surface area (Å²) in [4.78, 5) is 25.3. The normalized spacial score (nSPS) is 14.8. The van der Waals surface area contributed by atoms with Crippen molar-refractivity contribution in [2.75, 3.05) is 13.2 Å². The molecular weight excluding hydrogens is 368 g/mol. The fraction of sp³-hybridized carbons (Fsp3) is 0.391. The molecule has 3 rings (SSSR count). The first-order valence-electron chi connectivity index (χ1n) is 9.97. The molecule has 0 radical (unpaired) electrons. The smallest absolute Gasteiger partial charge is 0.243 e. The van der Waals surface area contributed by atoms with E-state index in [4.69, 9.17) is 9.47 Å². The first kappa shape index (κ1) is 20.7. The minimum absolute atomic E-state index is 0.0396. The zero-order valence-electron chi connectivity index (χ0n) is 17.1. The Kier molecular flexibility index (Phi) is 6.75. The van der Waals surface area contributed by atoms with Crippen LogP contribution in [0.25, 0.3) is 0 Å². The molecule has 0 bridgehead atoms. The minimum atomic E-state index is -0.606. The summed E-state index contributed by atoms with van der Waals surface area (Å²) in [6.45, 7) is 6.80. The lowest BCUT2D eigenvalue weighted by Gasteiger charge is -2.25. The fourth-order valence-corrected chi connectivity index (χ4v) is 3.26. The van der Waals surface area contributed by atoms with Gasteiger partial charge in [0, 0.05) is 0 Å². The van der Waals surface area contributed by atoms with E-state index in [0.29, 0.717) is 24.7 Å². The van der Waals surface area contributed by atoms with Gasteiger partial charge in [-0.1, -0.05) is 50.2 Å². The SMILES string of the molecule is CC(NC(=O)C(NC(=O)Cc1ccccc1)C(C)C)c1ccc2c(c1)OCCO2. The largest absolute Gasteiger partial charge is 0.486 e. The highest BCUT2D eigenvalue weighted by Gasteiger charge is 2.26. The van der Waals surface area contributed by atoms with Crippen molar-refractivity contribution in [1.82, 2.24) is 10.6 Å². The molecule has 154 valence electrons. The topological polar surface area (TPSA) is 76.7 Å². The number of amides is 2. The zero-order chi connectivity index (χ0) is 20.8. The van der Waals surface area contributed by atoms with Crippen LogP contribution < -0.4 is 20.1 Å². The van der Waals surface area contributed by atoms with Crippen LogP contribution in [-0.4, -0.2) is 31.1 Å². The van der Waals surface area contributed by atoms with Gasteiger partial charge in [-0.3, -0.25) is 9.59 Å². The molecule has 1 heterocycles. The molecule has 0 fully saturated rings. The molecule has 2 atom stereocenters. The molecule has 29 heavy (non-hydrogen) atoms. The molecule has 2 aromatic carbocycles. The molecule has 0 aromatic heterocycles. The van der Waals surface area contributed by atoms with Crippen LogP contribution in [-0.2, 0) is 16.0 Å². The molecule has 6 heteroatoms. The molecule has 1 aliphatic heterocycles. The van der Waals surface area contributed by atoms with Gasteiger partial charge in [0.25, 0.3) is 0 Å². The number of carbonyl (C=O) groups excluding carboxylic acids is 2. The summed E-state index contributed by atoms with van der Waals surface area (Å²) in [5.74, 6) is 0.987. The van der Waals surface area contributed by atoms with Crippen molar-refractivity contribution in [3.63, 3.8) is 0 Å². The van der Waals surface area contributed by atoms with E-state index in [-0.39, 0.29) is 30.2 Å². The van der Waals surface area contributed by atoms with Gasteiger partial charge < -0.3 is 20.1 Å². The second kappa shape index (κ2) is 9.45. The van der Waals surface area contributed by atoms with Crippen LogP contribution >= 0.6 is 0 Å². The summed E-state index contributed by atoms with van der Waals surface area (Å²) >= 11 is 0. The molecule has 2 unspecified atom stereocenters. The Morgan fingerprint density at radius 1 is 0.931 bits per heavy atom. The van der Waals surface area contributed by atoms with Crippen LogP contribution in [0, 0.1) is 5.92 Å². The molecule has 1 aliphatic rings. The third-order valence-corrected chi connectivity index (χ3v) is 4.90. The highest BCUT2D eigenvalue weighted by Crippen LogP contribution is 2.32. The maximum atomic E-state index is 12.9. The average Bonchev–Trinajstić information content (AvgIpc) is 2.72. The van der Waals surface area contributed by atoms with Crippen LogP contribution in [0.2, 0.25) is 0 Å². The lowest BCUT2D eigenvalue weighted by molar-refractivity contribution is -0.130. The molecule has 0 aliphatic carbocycles. The van der Waals surface area contributed by atoms with Crippen LogP contribution in [0.3, 0.4) is 0 Å². The lowest BCUT2D eigenvalue weighted by Crippen LogP contribution is -2.50. The summed E-state index contributed by atoms with van der Waals surface area (Å²) in [7, 11) is 0. The first-order chi connectivity index (χ1) is 13.9. The molecule has 0 spiro atoms. The molecule has 6 nitrogen and oxygen atoms in total. The number of ether oxygens (including phenoxy) is 2. The maximum Gasteiger partial charge on any atom is 0.243 e. The van der Waals surface area contributed by atoms with E-state index < -0.39 is 6.04 Å². The summed E-state index contributed by atoms with van der Waals surface area (Å²) < 4.78 is 11.2. The Morgan fingerprint density at radius 3 is 2.31 bits per heavy atom. The van der Waals surface area contributed by atoms with Crippen molar-refractivity contribution in [3.8, 4) is 11.5 Å². The van der Waals surface area contributed by atoms with Gasteiger partial charge in [-0.15, -0.1) is 0 Å². The van der Waals surface area contributed by atoms with Crippen molar-refractivity contribution in [3.05, 3.63) is 59.7 Å². The van der Waals surface area contributed by atoms with E-state index in [1.165, 1.54) is 0 Å². The van der Waals surface area contributed by atoms with Crippen LogP contribution in [0.5, 0.6) is 11.5 Å². The number of benzene rings is 2. The van der Waals surface area contributed by atoms with Gasteiger partial charge in [0.05, 0.1) is 12.5 Å². The number of carbonyl (C=O) groups is 2. The van der Waals surface area contributed by atoms with Crippen LogP contribution in [0.1, 0.15) is 37.9 Å². The van der Waals surface area contributed by atoms with E-state index in [0.717, 1.165) is 11.1 Å². The fourth-order valence-electron chi connectivity index (χ4n) is 3.26. The molecule has 0 saturated carbocycles. The van der Waals surface area contributed by atoms with E-state index >= 15 is 0 Å². The van der Waals surface area contributed by atoms with E-state index in [1.54, 1.807) is 0 Å². The highest BCUT2D eigenvalue weighted by atomic mass is 16.6. The number of hydrogen-bond donors (Lipinski definition) is 2. The van der Waals surface area contributed by atoms with Crippen molar-refractivity contribution in [1.29, 1.82) is 0 Å². The number of fused-ring (bicyclic) bond motifs is 1. The van der Waals surface area contributed by atoms with Gasteiger partial charge in [-0.05, 0) is 36.1 Å². The van der Waals surface area contributed by atoms with Crippen molar-refractivity contribution < 1.29 is 19.1 Å². The standard InChI is InChI=1S/C23H28N2O4/c1-15(2)22(25-21(26)13-17-7-5-4-6-8-17)23(27)24-16(3)18-9-10-19-20(14-18)29-12-11-28-19/h4-10,14-16,22H,11-13H2,1-3H3,(H,24,27)(H,25,26). The third kappa shape index (κ3) is 5.50. The van der Waals surface area contributed by atoms with Crippen LogP contribution in [0.15, 0.2) is 48.5 Å². The lowest BCUT2D eigenvalue weighted by atomic mass is 10.0. The van der Waals surface area contributed by atoms with E-state index in [2.05, 4.69) is 10.6 Å². The van der Waals surface area contributed by atoms with Gasteiger partial charge in [-0.25, -0.2) is 0 Å². The minimum Gasteiger partial charge on any atom is -0.486 e. The van der Waals surface area contributed by atoms with Crippen molar-refractivity contribution in [2.24, 2.45) is 5.92 Å². The van der Waals surface area contributed by atoms with Gasteiger partial charge in [-0.2, -0.15) is 0 Å². The Balaban J connectivity index is 1.62. The predicted molar refractivity (Wildman–Crippen MR) is 111 cm³/mol. The maximum absolute atomic E-state index is 12.9. The van der Waals surface area contributed by atoms with E-state index in [1.807, 2.05) is 69.3 Å². The molecule has 2 N–H and O–H groups in total. The van der Waals surface area contributed by atoms with E-state index in [9.17, 15) is 9.59 Å². The quantitative estimate of drug-likeness (QED) is 0.754. The third-order valence-electron chi connectivity index (χ3n) is 4.90. The van der Waals surface area contributed by atoms with Crippen molar-refractivity contribution >= 4 is 11.8 Å². The summed E-state index contributed by atoms with van der Waals surface area (Å²) in [5, 5.41) is 5.88. The molecule has 2 amide bonds. The molecular formula is C23H28N2O4. The van der Waals surface area contributed by atoms with Gasteiger partial charge in [0.1, 0.15) is 19.3 Å². The number of rotatable bonds is 7. The highest BCUT2D eigenvalue weighted by molar-refractivity contribution is 5.88. The second-order valence-corrected chi connectivity index (χ2v) is 7.58.